The number of nitrogens with one attached hydrogen (secondary N) is 1. The molecule has 0 saturated carbocycles. The molecule has 0 fully saturated rings. The Morgan fingerprint density at radius 1 is 1.09 bits per heavy atom. The number of carbonyl (C=O) groups is 1. The Bertz CT molecular complexity index is 846. The fraction of sp³-hybridized carbons (Fsp3) is 0.100. The monoisotopic (exact) mass is 302 g/mol. The first-order valence-electron chi connectivity index (χ1n) is 7.68. The van der Waals surface area contributed by atoms with Crippen LogP contribution in [-0.4, -0.2) is 10.9 Å². The standard InChI is InChI=1S/C20H18N2O/c1-2-15-7-9-16(10-8-15)11-12-20(23)22-19-13-14-21-18-6-4-3-5-17(18)19/h3-14H,2H2,1H3,(H,21,22,23)/b12-11+. The van der Waals surface area contributed by atoms with Crippen LogP contribution >= 0.6 is 0 Å². The molecule has 0 aliphatic rings. The van der Waals surface area contributed by atoms with Gasteiger partial charge in [0.15, 0.2) is 0 Å². The average molecular weight is 302 g/mol. The van der Waals surface area contributed by atoms with Gasteiger partial charge in [0, 0.05) is 17.7 Å². The molecule has 0 saturated heterocycles. The van der Waals surface area contributed by atoms with E-state index in [1.165, 1.54) is 5.56 Å². The van der Waals surface area contributed by atoms with E-state index < -0.39 is 0 Å². The lowest BCUT2D eigenvalue weighted by atomic mass is 10.1. The molecule has 0 bridgehead atoms. The Labute approximate surface area is 135 Å². The van der Waals surface area contributed by atoms with Crippen LogP contribution in [0.15, 0.2) is 66.9 Å². The van der Waals surface area contributed by atoms with Crippen molar-refractivity contribution in [2.24, 2.45) is 0 Å². The molecule has 3 aromatic rings. The van der Waals surface area contributed by atoms with Crippen molar-refractivity contribution in [3.05, 3.63) is 78.0 Å². The van der Waals surface area contributed by atoms with Gasteiger partial charge >= 0.3 is 0 Å². The van der Waals surface area contributed by atoms with Gasteiger partial charge in [0.1, 0.15) is 0 Å². The fourth-order valence-electron chi connectivity index (χ4n) is 2.42. The third kappa shape index (κ3) is 3.64. The molecule has 114 valence electrons. The van der Waals surface area contributed by atoms with Crippen LogP contribution in [0.3, 0.4) is 0 Å². The summed E-state index contributed by atoms with van der Waals surface area (Å²) in [5.41, 5.74) is 3.93. The molecular weight excluding hydrogens is 284 g/mol. The van der Waals surface area contributed by atoms with Gasteiger partial charge in [-0.25, -0.2) is 0 Å². The molecule has 0 aliphatic heterocycles. The van der Waals surface area contributed by atoms with E-state index in [-0.39, 0.29) is 5.91 Å². The van der Waals surface area contributed by atoms with Crippen LogP contribution in [0, 0.1) is 0 Å². The topological polar surface area (TPSA) is 42.0 Å². The lowest BCUT2D eigenvalue weighted by Gasteiger charge is -2.06. The molecule has 0 radical (unpaired) electrons. The molecule has 0 spiro atoms. The first-order chi connectivity index (χ1) is 11.3. The first-order valence-corrected chi connectivity index (χ1v) is 7.68. The second-order valence-corrected chi connectivity index (χ2v) is 5.29. The summed E-state index contributed by atoms with van der Waals surface area (Å²) in [5, 5.41) is 3.85. The maximum absolute atomic E-state index is 12.1. The van der Waals surface area contributed by atoms with E-state index >= 15 is 0 Å². The number of hydrogen-bond acceptors (Lipinski definition) is 2. The summed E-state index contributed by atoms with van der Waals surface area (Å²) in [5.74, 6) is -0.152. The third-order valence-electron chi connectivity index (χ3n) is 3.72. The number of aryl methyl sites for hydroxylation is 1. The summed E-state index contributed by atoms with van der Waals surface area (Å²) in [4.78, 5) is 16.4. The van der Waals surface area contributed by atoms with Crippen LogP contribution in [0.2, 0.25) is 0 Å². The van der Waals surface area contributed by atoms with Gasteiger partial charge in [0.2, 0.25) is 5.91 Å². The van der Waals surface area contributed by atoms with Crippen molar-refractivity contribution in [3.63, 3.8) is 0 Å². The van der Waals surface area contributed by atoms with Crippen LogP contribution in [0.25, 0.3) is 17.0 Å². The van der Waals surface area contributed by atoms with E-state index in [9.17, 15) is 4.79 Å². The van der Waals surface area contributed by atoms with E-state index in [0.717, 1.165) is 28.6 Å². The Kier molecular flexibility index (Phi) is 4.48. The molecule has 2 aromatic carbocycles. The summed E-state index contributed by atoms with van der Waals surface area (Å²) in [6.07, 6.45) is 6.08. The number of pyridine rings is 1. The van der Waals surface area contributed by atoms with Crippen LogP contribution < -0.4 is 5.32 Å². The van der Waals surface area contributed by atoms with Gasteiger partial charge in [-0.2, -0.15) is 0 Å². The van der Waals surface area contributed by atoms with Crippen molar-refractivity contribution in [1.82, 2.24) is 4.98 Å². The zero-order chi connectivity index (χ0) is 16.1. The van der Waals surface area contributed by atoms with E-state index in [0.29, 0.717) is 0 Å². The van der Waals surface area contributed by atoms with Crippen molar-refractivity contribution in [2.75, 3.05) is 5.32 Å². The van der Waals surface area contributed by atoms with E-state index in [1.807, 2.05) is 48.5 Å². The maximum atomic E-state index is 12.1. The lowest BCUT2D eigenvalue weighted by Crippen LogP contribution is -2.08. The highest BCUT2D eigenvalue weighted by atomic mass is 16.1. The quantitative estimate of drug-likeness (QED) is 0.723. The molecule has 0 aliphatic carbocycles. The Morgan fingerprint density at radius 2 is 1.87 bits per heavy atom. The summed E-state index contributed by atoms with van der Waals surface area (Å²) < 4.78 is 0. The first kappa shape index (κ1) is 15.0. The van der Waals surface area contributed by atoms with Gasteiger partial charge in [0.05, 0.1) is 11.2 Å². The van der Waals surface area contributed by atoms with Gasteiger partial charge in [-0.05, 0) is 35.8 Å². The highest BCUT2D eigenvalue weighted by Gasteiger charge is 2.03. The molecule has 1 aromatic heterocycles. The predicted octanol–water partition coefficient (Wildman–Crippen LogP) is 4.45. The minimum absolute atomic E-state index is 0.152. The van der Waals surface area contributed by atoms with Crippen molar-refractivity contribution >= 4 is 28.6 Å². The molecule has 1 amide bonds. The predicted molar refractivity (Wildman–Crippen MR) is 95.2 cm³/mol. The molecular formula is C20H18N2O. The van der Waals surface area contributed by atoms with E-state index in [1.54, 1.807) is 12.3 Å². The number of amides is 1. The zero-order valence-electron chi connectivity index (χ0n) is 13.0. The zero-order valence-corrected chi connectivity index (χ0v) is 13.0. The van der Waals surface area contributed by atoms with Gasteiger partial charge in [-0.1, -0.05) is 49.4 Å². The molecule has 1 heterocycles. The molecule has 0 atom stereocenters. The number of benzene rings is 2. The number of para-hydroxylation sites is 1. The smallest absolute Gasteiger partial charge is 0.248 e. The maximum Gasteiger partial charge on any atom is 0.248 e. The van der Waals surface area contributed by atoms with E-state index in [2.05, 4.69) is 29.4 Å². The number of carbonyl (C=O) groups excluding carboxylic acids is 1. The van der Waals surface area contributed by atoms with Gasteiger partial charge in [-0.15, -0.1) is 0 Å². The molecule has 3 heteroatoms. The van der Waals surface area contributed by atoms with Crippen molar-refractivity contribution < 1.29 is 4.79 Å². The van der Waals surface area contributed by atoms with Crippen molar-refractivity contribution in [2.45, 2.75) is 13.3 Å². The normalized spacial score (nSPS) is 11.0. The summed E-state index contributed by atoms with van der Waals surface area (Å²) in [7, 11) is 0. The highest BCUT2D eigenvalue weighted by molar-refractivity contribution is 6.06. The molecule has 0 unspecified atom stereocenters. The number of anilines is 1. The highest BCUT2D eigenvalue weighted by Crippen LogP contribution is 2.20. The van der Waals surface area contributed by atoms with Crippen LogP contribution in [0.1, 0.15) is 18.1 Å². The molecule has 3 rings (SSSR count). The Hall–Kier alpha value is -2.94. The van der Waals surface area contributed by atoms with Gasteiger partial charge in [0.25, 0.3) is 0 Å². The van der Waals surface area contributed by atoms with Crippen LogP contribution in [0.5, 0.6) is 0 Å². The summed E-state index contributed by atoms with van der Waals surface area (Å²) >= 11 is 0. The van der Waals surface area contributed by atoms with Crippen LogP contribution in [0.4, 0.5) is 5.69 Å². The third-order valence-corrected chi connectivity index (χ3v) is 3.72. The number of aromatic nitrogens is 1. The summed E-state index contributed by atoms with van der Waals surface area (Å²) in [6, 6.07) is 17.7. The Morgan fingerprint density at radius 3 is 2.65 bits per heavy atom. The Balaban J connectivity index is 1.74. The molecule has 3 nitrogen and oxygen atoms in total. The fourth-order valence-corrected chi connectivity index (χ4v) is 2.42. The second kappa shape index (κ2) is 6.88. The van der Waals surface area contributed by atoms with Gasteiger partial charge < -0.3 is 5.32 Å². The van der Waals surface area contributed by atoms with E-state index in [4.69, 9.17) is 0 Å². The number of hydrogen-bond donors (Lipinski definition) is 1. The second-order valence-electron chi connectivity index (χ2n) is 5.29. The van der Waals surface area contributed by atoms with Crippen LogP contribution in [-0.2, 0) is 11.2 Å². The number of nitrogens with zero attached hydrogens (tertiary/aromatic N) is 1. The number of rotatable bonds is 4. The molecule has 1 N–H and O–H groups in total. The lowest BCUT2D eigenvalue weighted by molar-refractivity contribution is -0.111. The largest absolute Gasteiger partial charge is 0.322 e. The minimum atomic E-state index is -0.152. The van der Waals surface area contributed by atoms with Gasteiger partial charge in [-0.3, -0.25) is 9.78 Å². The summed E-state index contributed by atoms with van der Waals surface area (Å²) in [6.45, 7) is 2.12. The average Bonchev–Trinajstić information content (AvgIpc) is 2.61. The molecule has 23 heavy (non-hydrogen) atoms. The SMILES string of the molecule is CCc1ccc(/C=C/C(=O)Nc2ccnc3ccccc23)cc1. The van der Waals surface area contributed by atoms with Crippen molar-refractivity contribution in [1.29, 1.82) is 0 Å². The van der Waals surface area contributed by atoms with Crippen molar-refractivity contribution in [3.8, 4) is 0 Å². The minimum Gasteiger partial charge on any atom is -0.322 e. The number of fused-ring (bicyclic) bond motifs is 1.